The molecule has 0 saturated heterocycles. The molecule has 102 valence electrons. The molecule has 0 aromatic heterocycles. The van der Waals surface area contributed by atoms with E-state index in [-0.39, 0.29) is 56.9 Å². The summed E-state index contributed by atoms with van der Waals surface area (Å²) < 4.78 is 12.8. The largest absolute Gasteiger partial charge is 2.00 e. The van der Waals surface area contributed by atoms with E-state index in [0.717, 1.165) is 0 Å². The predicted octanol–water partition coefficient (Wildman–Crippen LogP) is -0.909. The molecule has 0 amide bonds. The molecule has 2 rings (SSSR count). The Hall–Kier alpha value is -1.26. The Bertz CT molecular complexity index is 668. The van der Waals surface area contributed by atoms with Crippen LogP contribution in [-0.4, -0.2) is 28.8 Å². The second kappa shape index (κ2) is 8.90. The third kappa shape index (κ3) is 4.61. The first kappa shape index (κ1) is 19.7. The van der Waals surface area contributed by atoms with Gasteiger partial charge >= 0.3 is 23.1 Å². The van der Waals surface area contributed by atoms with Crippen molar-refractivity contribution in [3.05, 3.63) is 76.4 Å². The second-order valence-corrected chi connectivity index (χ2v) is 3.93. The summed E-state index contributed by atoms with van der Waals surface area (Å²) in [5, 5.41) is 11.1. The fourth-order valence-corrected chi connectivity index (χ4v) is 1.75. The third-order valence-corrected chi connectivity index (χ3v) is 2.72. The van der Waals surface area contributed by atoms with Crippen LogP contribution in [0.15, 0.2) is 42.5 Å². The van der Waals surface area contributed by atoms with E-state index in [1.807, 2.05) is 0 Å². The van der Waals surface area contributed by atoms with Crippen LogP contribution < -0.4 is 22.1 Å². The van der Waals surface area contributed by atoms with Gasteiger partial charge in [0.05, 0.1) is 6.57 Å². The fourth-order valence-electron chi connectivity index (χ4n) is 1.75. The van der Waals surface area contributed by atoms with Gasteiger partial charge in [0, 0.05) is 11.1 Å². The molecule has 2 aromatic rings. The van der Waals surface area contributed by atoms with Gasteiger partial charge in [0.25, 0.3) is 0 Å². The Morgan fingerprint density at radius 2 is 1.81 bits per heavy atom. The number of carbonyl (C=O) groups is 1. The maximum Gasteiger partial charge on any atom is 2.00 e. The molecule has 2 aromatic carbocycles. The van der Waals surface area contributed by atoms with E-state index in [2.05, 4.69) is 4.85 Å². The summed E-state index contributed by atoms with van der Waals surface area (Å²) in [4.78, 5) is 15.4. The van der Waals surface area contributed by atoms with Gasteiger partial charge in [-0.15, -0.1) is 6.61 Å². The van der Waals surface area contributed by atoms with Crippen molar-refractivity contribution in [3.8, 4) is 0 Å². The molecule has 0 aliphatic rings. The molecule has 0 spiro atoms. The minimum atomic E-state index is -0.578. The van der Waals surface area contributed by atoms with Gasteiger partial charge in [0.1, 0.15) is 5.82 Å². The summed E-state index contributed by atoms with van der Waals surface area (Å²) in [6.45, 7) is 6.30. The zero-order valence-electron chi connectivity index (χ0n) is 11.0. The maximum absolute atomic E-state index is 12.8. The van der Waals surface area contributed by atoms with Crippen LogP contribution in [0.1, 0.15) is 21.5 Å². The molecule has 6 heteroatoms. The molecule has 0 N–H and O–H groups in total. The van der Waals surface area contributed by atoms with Gasteiger partial charge < -0.3 is 22.1 Å². The summed E-state index contributed by atoms with van der Waals surface area (Å²) in [7, 11) is 0. The molecule has 0 heterocycles. The van der Waals surface area contributed by atoms with E-state index in [1.165, 1.54) is 42.5 Å². The van der Waals surface area contributed by atoms with Crippen LogP contribution in [0.2, 0.25) is 0 Å². The van der Waals surface area contributed by atoms with Crippen LogP contribution in [0, 0.1) is 12.4 Å². The van der Waals surface area contributed by atoms with E-state index in [1.54, 1.807) is 0 Å². The van der Waals surface area contributed by atoms with E-state index in [4.69, 9.17) is 6.57 Å². The molecule has 0 bridgehead atoms. The SMILES string of the molecule is [Br-].[C-]#[N+]c1ccc(C(=O)c2ccc(F)cc2)c(C[O-])c1.[Mg+2]. The fraction of sp³-hybridized carbons (Fsp3) is 0.0667. The van der Waals surface area contributed by atoms with Crippen LogP contribution in [0.4, 0.5) is 10.1 Å². The Labute approximate surface area is 148 Å². The van der Waals surface area contributed by atoms with Gasteiger partial charge in [-0.25, -0.2) is 9.24 Å². The molecule has 0 unspecified atom stereocenters. The quantitative estimate of drug-likeness (QED) is 0.405. The Balaban J connectivity index is 0.00000200. The zero-order valence-corrected chi connectivity index (χ0v) is 14.0. The van der Waals surface area contributed by atoms with Crippen LogP contribution in [0.5, 0.6) is 0 Å². The van der Waals surface area contributed by atoms with Crippen molar-refractivity contribution in [2.75, 3.05) is 0 Å². The standard InChI is InChI=1S/C15H9FNO2.BrH.Mg/c1-17-13-6-7-14(11(8-13)9-18)15(19)10-2-4-12(16)5-3-10;;/h2-8H,9H2;1H;/q-1;;+2/p-1. The summed E-state index contributed by atoms with van der Waals surface area (Å²) in [6, 6.07) is 9.49. The van der Waals surface area contributed by atoms with Crippen molar-refractivity contribution >= 4 is 34.5 Å². The van der Waals surface area contributed by atoms with Crippen LogP contribution in [0.3, 0.4) is 0 Å². The molecular formula is C15H9BrFMgNO2. The smallest absolute Gasteiger partial charge is 1.00 e. The minimum absolute atomic E-state index is 0. The van der Waals surface area contributed by atoms with E-state index >= 15 is 0 Å². The van der Waals surface area contributed by atoms with Crippen LogP contribution in [0.25, 0.3) is 4.85 Å². The maximum atomic E-state index is 12.8. The third-order valence-electron chi connectivity index (χ3n) is 2.72. The van der Waals surface area contributed by atoms with Crippen molar-refractivity contribution in [2.24, 2.45) is 0 Å². The van der Waals surface area contributed by atoms with Gasteiger partial charge in [-0.1, -0.05) is 23.8 Å². The van der Waals surface area contributed by atoms with Gasteiger partial charge in [-0.3, -0.25) is 4.79 Å². The number of halogens is 2. The first-order chi connectivity index (χ1) is 9.15. The van der Waals surface area contributed by atoms with Crippen molar-refractivity contribution < 1.29 is 31.3 Å². The monoisotopic (exact) mass is 357 g/mol. The number of ketones is 1. The van der Waals surface area contributed by atoms with Gasteiger partial charge in [-0.2, -0.15) is 0 Å². The first-order valence-electron chi connectivity index (χ1n) is 5.54. The van der Waals surface area contributed by atoms with Crippen molar-refractivity contribution in [2.45, 2.75) is 6.61 Å². The Morgan fingerprint density at radius 1 is 1.19 bits per heavy atom. The number of benzene rings is 2. The first-order valence-corrected chi connectivity index (χ1v) is 5.54. The molecular weight excluding hydrogens is 349 g/mol. The average Bonchev–Trinajstić information content (AvgIpc) is 2.46. The second-order valence-electron chi connectivity index (χ2n) is 3.93. The van der Waals surface area contributed by atoms with Gasteiger partial charge in [0.15, 0.2) is 11.5 Å². The number of rotatable bonds is 3. The molecule has 21 heavy (non-hydrogen) atoms. The summed E-state index contributed by atoms with van der Waals surface area (Å²) in [5.74, 6) is -0.772. The van der Waals surface area contributed by atoms with E-state index in [0.29, 0.717) is 11.3 Å². The topological polar surface area (TPSA) is 44.5 Å². The van der Waals surface area contributed by atoms with Crippen LogP contribution >= 0.6 is 0 Å². The molecule has 0 aliphatic carbocycles. The number of nitrogens with zero attached hydrogens (tertiary/aromatic N) is 1. The Kier molecular flexibility index (Phi) is 8.36. The van der Waals surface area contributed by atoms with Gasteiger partial charge in [0.2, 0.25) is 0 Å². The number of hydrogen-bond donors (Lipinski definition) is 0. The van der Waals surface area contributed by atoms with Crippen molar-refractivity contribution in [1.29, 1.82) is 0 Å². The minimum Gasteiger partial charge on any atom is -1.00 e. The number of carbonyl (C=O) groups excluding carboxylic acids is 1. The summed E-state index contributed by atoms with van der Waals surface area (Å²) in [6.07, 6.45) is 0. The molecule has 0 aliphatic heterocycles. The van der Waals surface area contributed by atoms with E-state index < -0.39 is 12.4 Å². The summed E-state index contributed by atoms with van der Waals surface area (Å²) in [5.41, 5.74) is 1.17. The predicted molar refractivity (Wildman–Crippen MR) is 72.0 cm³/mol. The molecule has 0 radical (unpaired) electrons. The molecule has 3 nitrogen and oxygen atoms in total. The van der Waals surface area contributed by atoms with E-state index in [9.17, 15) is 14.3 Å². The Morgan fingerprint density at radius 3 is 2.33 bits per heavy atom. The van der Waals surface area contributed by atoms with Crippen molar-refractivity contribution in [1.82, 2.24) is 0 Å². The molecule has 0 saturated carbocycles. The van der Waals surface area contributed by atoms with Gasteiger partial charge in [-0.05, 0) is 24.3 Å². The van der Waals surface area contributed by atoms with Crippen LogP contribution in [-0.2, 0) is 6.61 Å². The molecule has 0 atom stereocenters. The number of hydrogen-bond acceptors (Lipinski definition) is 2. The normalized spacial score (nSPS) is 9.00. The van der Waals surface area contributed by atoms with Crippen molar-refractivity contribution in [3.63, 3.8) is 0 Å². The average molecular weight is 358 g/mol. The zero-order chi connectivity index (χ0) is 13.8. The summed E-state index contributed by atoms with van der Waals surface area (Å²) >= 11 is 0. The molecule has 0 fully saturated rings.